The lowest BCUT2D eigenvalue weighted by molar-refractivity contribution is -0.145. The van der Waals surface area contributed by atoms with Gasteiger partial charge in [-0.25, -0.2) is 0 Å². The van der Waals surface area contributed by atoms with Gasteiger partial charge in [0.25, 0.3) is 0 Å². The molecule has 0 aromatic rings. The predicted molar refractivity (Wildman–Crippen MR) is 124 cm³/mol. The van der Waals surface area contributed by atoms with Crippen LogP contribution in [-0.4, -0.2) is 18.4 Å². The number of Topliss-reactive ketones (excluding diaryl/α,β-unsaturated/α-hetero) is 1. The summed E-state index contributed by atoms with van der Waals surface area (Å²) < 4.78 is 5.19. The first-order chi connectivity index (χ1) is 13.7. The van der Waals surface area contributed by atoms with Crippen molar-refractivity contribution in [3.8, 4) is 0 Å². The molecule has 0 rings (SSSR count). The second-order valence-electron chi connectivity index (χ2n) is 8.61. The molecule has 0 radical (unpaired) electrons. The van der Waals surface area contributed by atoms with Gasteiger partial charge in [-0.05, 0) is 78.6 Å². The third kappa shape index (κ3) is 18.1. The van der Waals surface area contributed by atoms with Gasteiger partial charge in [-0.3, -0.25) is 9.59 Å². The van der Waals surface area contributed by atoms with E-state index >= 15 is 0 Å². The Kier molecular flexibility index (Phi) is 16.3. The van der Waals surface area contributed by atoms with Crippen LogP contribution in [0.4, 0.5) is 0 Å². The maximum atomic E-state index is 11.8. The molecule has 0 saturated heterocycles. The molecule has 0 bridgehead atoms. The van der Waals surface area contributed by atoms with Gasteiger partial charge in [0.05, 0.1) is 6.61 Å². The van der Waals surface area contributed by atoms with E-state index in [0.717, 1.165) is 44.9 Å². The fourth-order valence-electron chi connectivity index (χ4n) is 3.08. The van der Waals surface area contributed by atoms with E-state index in [1.54, 1.807) is 0 Å². The Balaban J connectivity index is 3.95. The Hall–Kier alpha value is -1.64. The summed E-state index contributed by atoms with van der Waals surface area (Å²) in [5.74, 6) is 0.290. The van der Waals surface area contributed by atoms with Gasteiger partial charge in [-0.2, -0.15) is 0 Å². The van der Waals surface area contributed by atoms with Gasteiger partial charge in [0.1, 0.15) is 5.78 Å². The molecule has 0 aromatic heterocycles. The smallest absolute Gasteiger partial charge is 0.306 e. The Bertz CT molecular complexity index is 563. The minimum atomic E-state index is -0.184. The molecule has 0 saturated carbocycles. The minimum absolute atomic E-state index is 0.173. The Labute approximate surface area is 179 Å². The van der Waals surface area contributed by atoms with Crippen molar-refractivity contribution >= 4 is 11.8 Å². The fourth-order valence-corrected chi connectivity index (χ4v) is 3.08. The molecule has 0 amide bonds. The molecule has 3 heteroatoms. The lowest BCUT2D eigenvalue weighted by Gasteiger charge is -2.10. The molecule has 0 unspecified atom stereocenters. The number of allylic oxidation sites excluding steroid dienone is 6. The van der Waals surface area contributed by atoms with Crippen molar-refractivity contribution in [3.63, 3.8) is 0 Å². The van der Waals surface area contributed by atoms with Gasteiger partial charge in [-0.15, -0.1) is 0 Å². The van der Waals surface area contributed by atoms with Crippen LogP contribution in [-0.2, 0) is 14.3 Å². The van der Waals surface area contributed by atoms with Crippen molar-refractivity contribution in [1.29, 1.82) is 0 Å². The average Bonchev–Trinajstić information content (AvgIpc) is 2.61. The molecule has 0 aliphatic rings. The first kappa shape index (κ1) is 27.4. The zero-order valence-corrected chi connectivity index (χ0v) is 19.8. The van der Waals surface area contributed by atoms with Crippen LogP contribution in [0, 0.1) is 5.92 Å². The van der Waals surface area contributed by atoms with E-state index in [0.29, 0.717) is 25.2 Å². The number of rotatable bonds is 16. The third-order valence-corrected chi connectivity index (χ3v) is 4.96. The molecule has 0 aliphatic carbocycles. The highest BCUT2D eigenvalue weighted by Gasteiger charge is 2.10. The standard InChI is InChI=1S/C26H44O3/c1-7-11-25(27)18-19-29-26(28)20-24(6)17-10-16-23(5)15-9-14-22(4)13-8-12-21(2)3/h12,14,16,24H,7-11,13,15,17-20H2,1-6H3/b22-14+,23-16+/t24-/m0/s1. The van der Waals surface area contributed by atoms with Crippen LogP contribution in [0.1, 0.15) is 106 Å². The fraction of sp³-hybridized carbons (Fsp3) is 0.692. The molecule has 0 aromatic carbocycles. The van der Waals surface area contributed by atoms with Crippen molar-refractivity contribution in [2.24, 2.45) is 5.92 Å². The molecule has 0 spiro atoms. The lowest BCUT2D eigenvalue weighted by atomic mass is 10.00. The van der Waals surface area contributed by atoms with Crippen LogP contribution in [0.3, 0.4) is 0 Å². The summed E-state index contributed by atoms with van der Waals surface area (Å²) >= 11 is 0. The van der Waals surface area contributed by atoms with Crippen molar-refractivity contribution in [1.82, 2.24) is 0 Å². The van der Waals surface area contributed by atoms with E-state index in [1.165, 1.54) is 16.7 Å². The van der Waals surface area contributed by atoms with Gasteiger partial charge in [-0.1, -0.05) is 48.8 Å². The van der Waals surface area contributed by atoms with Crippen LogP contribution >= 0.6 is 0 Å². The minimum Gasteiger partial charge on any atom is -0.465 e. The van der Waals surface area contributed by atoms with Crippen LogP contribution in [0.25, 0.3) is 0 Å². The molecular weight excluding hydrogens is 360 g/mol. The van der Waals surface area contributed by atoms with Gasteiger partial charge in [0.2, 0.25) is 0 Å². The summed E-state index contributed by atoms with van der Waals surface area (Å²) in [6, 6.07) is 0. The van der Waals surface area contributed by atoms with Gasteiger partial charge in [0, 0.05) is 19.3 Å². The van der Waals surface area contributed by atoms with Crippen molar-refractivity contribution in [2.75, 3.05) is 6.61 Å². The van der Waals surface area contributed by atoms with E-state index in [-0.39, 0.29) is 18.4 Å². The summed E-state index contributed by atoms with van der Waals surface area (Å²) in [7, 11) is 0. The normalized spacial score (nSPS) is 13.2. The van der Waals surface area contributed by atoms with Crippen molar-refractivity contribution < 1.29 is 14.3 Å². The second kappa shape index (κ2) is 17.2. The topological polar surface area (TPSA) is 43.4 Å². The number of hydrogen-bond donors (Lipinski definition) is 0. The molecule has 166 valence electrons. The molecular formula is C26H44O3. The maximum absolute atomic E-state index is 11.8. The van der Waals surface area contributed by atoms with E-state index in [9.17, 15) is 9.59 Å². The van der Waals surface area contributed by atoms with Crippen LogP contribution in [0.5, 0.6) is 0 Å². The molecule has 1 atom stereocenters. The van der Waals surface area contributed by atoms with E-state index in [2.05, 4.69) is 52.8 Å². The predicted octanol–water partition coefficient (Wildman–Crippen LogP) is 7.51. The zero-order valence-electron chi connectivity index (χ0n) is 19.8. The Morgan fingerprint density at radius 1 is 0.828 bits per heavy atom. The molecule has 0 aliphatic heterocycles. The monoisotopic (exact) mass is 404 g/mol. The molecule has 0 N–H and O–H groups in total. The highest BCUT2D eigenvalue weighted by Crippen LogP contribution is 2.15. The largest absolute Gasteiger partial charge is 0.465 e. The van der Waals surface area contributed by atoms with E-state index in [1.807, 2.05) is 6.92 Å². The Morgan fingerprint density at radius 3 is 2.00 bits per heavy atom. The first-order valence-corrected chi connectivity index (χ1v) is 11.4. The Morgan fingerprint density at radius 2 is 1.41 bits per heavy atom. The molecule has 29 heavy (non-hydrogen) atoms. The van der Waals surface area contributed by atoms with Gasteiger partial charge in [0.15, 0.2) is 0 Å². The van der Waals surface area contributed by atoms with Crippen molar-refractivity contribution in [3.05, 3.63) is 34.9 Å². The lowest BCUT2D eigenvalue weighted by Crippen LogP contribution is -2.12. The number of hydrogen-bond acceptors (Lipinski definition) is 3. The van der Waals surface area contributed by atoms with Gasteiger partial charge < -0.3 is 4.74 Å². The highest BCUT2D eigenvalue weighted by atomic mass is 16.5. The number of esters is 1. The molecule has 3 nitrogen and oxygen atoms in total. The summed E-state index contributed by atoms with van der Waals surface area (Å²) in [6.07, 6.45) is 15.6. The zero-order chi connectivity index (χ0) is 22.1. The van der Waals surface area contributed by atoms with E-state index < -0.39 is 0 Å². The molecule has 0 heterocycles. The summed E-state index contributed by atoms with van der Waals surface area (Å²) in [4.78, 5) is 23.3. The number of carbonyl (C=O) groups excluding carboxylic acids is 2. The number of ether oxygens (including phenoxy) is 1. The van der Waals surface area contributed by atoms with Crippen LogP contribution < -0.4 is 0 Å². The first-order valence-electron chi connectivity index (χ1n) is 11.4. The van der Waals surface area contributed by atoms with E-state index in [4.69, 9.17) is 4.74 Å². The van der Waals surface area contributed by atoms with Crippen LogP contribution in [0.15, 0.2) is 34.9 Å². The highest BCUT2D eigenvalue weighted by molar-refractivity contribution is 5.78. The SMILES string of the molecule is CCCC(=O)CCOC(=O)C[C@@H](C)CC/C=C(\C)CC/C=C(\C)CCC=C(C)C. The summed E-state index contributed by atoms with van der Waals surface area (Å²) in [6.45, 7) is 13.0. The number of carbonyl (C=O) groups is 2. The third-order valence-electron chi connectivity index (χ3n) is 4.96. The maximum Gasteiger partial charge on any atom is 0.306 e. The average molecular weight is 405 g/mol. The molecule has 0 fully saturated rings. The number of ketones is 1. The summed E-state index contributed by atoms with van der Waals surface area (Å²) in [5, 5.41) is 0. The van der Waals surface area contributed by atoms with Gasteiger partial charge >= 0.3 is 5.97 Å². The summed E-state index contributed by atoms with van der Waals surface area (Å²) in [5.41, 5.74) is 4.28. The second-order valence-corrected chi connectivity index (χ2v) is 8.61. The van der Waals surface area contributed by atoms with Crippen LogP contribution in [0.2, 0.25) is 0 Å². The quantitative estimate of drug-likeness (QED) is 0.197. The van der Waals surface area contributed by atoms with Crippen molar-refractivity contribution in [2.45, 2.75) is 106 Å².